The van der Waals surface area contributed by atoms with E-state index >= 15 is 0 Å². The normalized spacial score (nSPS) is 10.3. The van der Waals surface area contributed by atoms with Crippen LogP contribution >= 0.6 is 21.6 Å². The van der Waals surface area contributed by atoms with E-state index in [1.54, 1.807) is 13.1 Å². The summed E-state index contributed by atoms with van der Waals surface area (Å²) in [5.41, 5.74) is 1.38. The topological polar surface area (TPSA) is 46.2 Å². The van der Waals surface area contributed by atoms with E-state index in [1.807, 2.05) is 49.4 Å². The molecule has 0 aromatic heterocycles. The molecule has 0 aliphatic carbocycles. The quantitative estimate of drug-likeness (QED) is 0.628. The standard InChI is InChI=1S/C17H17NO2S2/c1-3-14(19)12-8-4-6-10-15(12)21-22-16-11-7-5-9-13(16)17(20)18-2/h4-11H,3H2,1-2H3,(H,18,20). The molecule has 0 atom stereocenters. The van der Waals surface area contributed by atoms with Crippen molar-refractivity contribution in [2.45, 2.75) is 23.1 Å². The maximum atomic E-state index is 12.0. The van der Waals surface area contributed by atoms with Gasteiger partial charge in [0, 0.05) is 28.8 Å². The largest absolute Gasteiger partial charge is 0.355 e. The number of hydrogen-bond donors (Lipinski definition) is 1. The number of rotatable bonds is 6. The number of carbonyl (C=O) groups is 2. The van der Waals surface area contributed by atoms with Crippen LogP contribution in [0, 0.1) is 0 Å². The van der Waals surface area contributed by atoms with E-state index in [4.69, 9.17) is 0 Å². The average Bonchev–Trinajstić information content (AvgIpc) is 2.59. The van der Waals surface area contributed by atoms with Crippen LogP contribution in [-0.4, -0.2) is 18.7 Å². The van der Waals surface area contributed by atoms with Crippen LogP contribution in [0.15, 0.2) is 58.3 Å². The second-order valence-electron chi connectivity index (χ2n) is 4.51. The van der Waals surface area contributed by atoms with Crippen LogP contribution in [0.2, 0.25) is 0 Å². The van der Waals surface area contributed by atoms with Crippen molar-refractivity contribution in [1.29, 1.82) is 0 Å². The smallest absolute Gasteiger partial charge is 0.252 e. The van der Waals surface area contributed by atoms with Crippen LogP contribution in [0.25, 0.3) is 0 Å². The van der Waals surface area contributed by atoms with Gasteiger partial charge >= 0.3 is 0 Å². The van der Waals surface area contributed by atoms with Gasteiger partial charge in [0.2, 0.25) is 0 Å². The summed E-state index contributed by atoms with van der Waals surface area (Å²) in [5.74, 6) is 0.0184. The number of benzene rings is 2. The number of Topliss-reactive ketones (excluding diaryl/α,β-unsaturated/α-hetero) is 1. The molecule has 0 saturated heterocycles. The molecule has 0 spiro atoms. The lowest BCUT2D eigenvalue weighted by Gasteiger charge is -2.09. The molecule has 0 saturated carbocycles. The lowest BCUT2D eigenvalue weighted by molar-refractivity contribution is 0.0958. The van der Waals surface area contributed by atoms with Crippen molar-refractivity contribution in [3.8, 4) is 0 Å². The zero-order valence-electron chi connectivity index (χ0n) is 12.5. The summed E-state index contributed by atoms with van der Waals surface area (Å²) >= 11 is 0. The minimum Gasteiger partial charge on any atom is -0.355 e. The molecule has 0 aliphatic rings. The van der Waals surface area contributed by atoms with Crippen LogP contribution in [0.5, 0.6) is 0 Å². The van der Waals surface area contributed by atoms with Crippen LogP contribution in [0.4, 0.5) is 0 Å². The molecule has 114 valence electrons. The van der Waals surface area contributed by atoms with Crippen molar-refractivity contribution in [2.24, 2.45) is 0 Å². The first-order valence-corrected chi connectivity index (χ1v) is 9.10. The maximum Gasteiger partial charge on any atom is 0.252 e. The molecule has 3 nitrogen and oxygen atoms in total. The minimum absolute atomic E-state index is 0.110. The van der Waals surface area contributed by atoms with Crippen LogP contribution in [0.1, 0.15) is 34.1 Å². The van der Waals surface area contributed by atoms with Crippen LogP contribution < -0.4 is 5.32 Å². The zero-order chi connectivity index (χ0) is 15.9. The number of carbonyl (C=O) groups excluding carboxylic acids is 2. The van der Waals surface area contributed by atoms with Gasteiger partial charge < -0.3 is 5.32 Å². The Labute approximate surface area is 138 Å². The van der Waals surface area contributed by atoms with Crippen LogP contribution in [-0.2, 0) is 0 Å². The molecule has 2 rings (SSSR count). The van der Waals surface area contributed by atoms with Gasteiger partial charge in [0.05, 0.1) is 5.56 Å². The van der Waals surface area contributed by atoms with Crippen LogP contribution in [0.3, 0.4) is 0 Å². The number of amides is 1. The fraction of sp³-hybridized carbons (Fsp3) is 0.176. The summed E-state index contributed by atoms with van der Waals surface area (Å²) in [6.07, 6.45) is 0.483. The van der Waals surface area contributed by atoms with E-state index in [2.05, 4.69) is 5.32 Å². The van der Waals surface area contributed by atoms with Crippen molar-refractivity contribution in [2.75, 3.05) is 7.05 Å². The molecular weight excluding hydrogens is 314 g/mol. The predicted molar refractivity (Wildman–Crippen MR) is 92.6 cm³/mol. The first-order chi connectivity index (χ1) is 10.7. The fourth-order valence-electron chi connectivity index (χ4n) is 1.91. The van der Waals surface area contributed by atoms with Gasteiger partial charge in [0.1, 0.15) is 0 Å². The lowest BCUT2D eigenvalue weighted by atomic mass is 10.1. The monoisotopic (exact) mass is 331 g/mol. The highest BCUT2D eigenvalue weighted by Gasteiger charge is 2.13. The third kappa shape index (κ3) is 3.93. The SMILES string of the molecule is CCC(=O)c1ccccc1SSc1ccccc1C(=O)NC. The van der Waals surface area contributed by atoms with E-state index < -0.39 is 0 Å². The minimum atomic E-state index is -0.110. The van der Waals surface area contributed by atoms with E-state index in [9.17, 15) is 9.59 Å². The Bertz CT molecular complexity index is 626. The molecule has 0 fully saturated rings. The van der Waals surface area contributed by atoms with Gasteiger partial charge in [0.15, 0.2) is 5.78 Å². The third-order valence-electron chi connectivity index (χ3n) is 3.09. The second-order valence-corrected chi connectivity index (χ2v) is 6.73. The Balaban J connectivity index is 2.21. The molecule has 0 bridgehead atoms. The molecule has 1 amide bonds. The Morgan fingerprint density at radius 2 is 1.41 bits per heavy atom. The van der Waals surface area contributed by atoms with Crippen molar-refractivity contribution in [1.82, 2.24) is 5.32 Å². The van der Waals surface area contributed by atoms with Gasteiger partial charge in [-0.1, -0.05) is 58.8 Å². The Morgan fingerprint density at radius 1 is 0.909 bits per heavy atom. The first-order valence-electron chi connectivity index (χ1n) is 6.95. The lowest BCUT2D eigenvalue weighted by Crippen LogP contribution is -2.18. The van der Waals surface area contributed by atoms with E-state index in [0.29, 0.717) is 12.0 Å². The number of ketones is 1. The number of nitrogens with one attached hydrogen (secondary N) is 1. The average molecular weight is 331 g/mol. The molecule has 0 radical (unpaired) electrons. The van der Waals surface area contributed by atoms with Gasteiger partial charge in [-0.05, 0) is 18.2 Å². The van der Waals surface area contributed by atoms with Crippen molar-refractivity contribution in [3.05, 3.63) is 59.7 Å². The molecule has 0 unspecified atom stereocenters. The van der Waals surface area contributed by atoms with E-state index in [0.717, 1.165) is 15.4 Å². The Morgan fingerprint density at radius 3 is 1.95 bits per heavy atom. The van der Waals surface area contributed by atoms with Gasteiger partial charge in [-0.25, -0.2) is 0 Å². The van der Waals surface area contributed by atoms with E-state index in [1.165, 1.54) is 21.6 Å². The summed E-state index contributed by atoms with van der Waals surface area (Å²) < 4.78 is 0. The van der Waals surface area contributed by atoms with Crippen molar-refractivity contribution >= 4 is 33.3 Å². The Hall–Kier alpha value is -1.72. The maximum absolute atomic E-state index is 12.0. The molecule has 22 heavy (non-hydrogen) atoms. The molecular formula is C17H17NO2S2. The zero-order valence-corrected chi connectivity index (χ0v) is 14.1. The second kappa shape index (κ2) is 8.06. The molecule has 5 heteroatoms. The highest BCUT2D eigenvalue weighted by atomic mass is 33.1. The highest BCUT2D eigenvalue weighted by molar-refractivity contribution is 8.76. The number of hydrogen-bond acceptors (Lipinski definition) is 4. The summed E-state index contributed by atoms with van der Waals surface area (Å²) in [4.78, 5) is 25.7. The third-order valence-corrected chi connectivity index (χ3v) is 5.57. The Kier molecular flexibility index (Phi) is 6.10. The first kappa shape index (κ1) is 16.6. The molecule has 0 aliphatic heterocycles. The highest BCUT2D eigenvalue weighted by Crippen LogP contribution is 2.40. The van der Waals surface area contributed by atoms with Gasteiger partial charge in [-0.3, -0.25) is 9.59 Å². The summed E-state index contributed by atoms with van der Waals surface area (Å²) in [5, 5.41) is 2.64. The van der Waals surface area contributed by atoms with Gasteiger partial charge in [0.25, 0.3) is 5.91 Å². The van der Waals surface area contributed by atoms with Gasteiger partial charge in [-0.2, -0.15) is 0 Å². The van der Waals surface area contributed by atoms with E-state index in [-0.39, 0.29) is 11.7 Å². The fourth-order valence-corrected chi connectivity index (χ4v) is 4.29. The summed E-state index contributed by atoms with van der Waals surface area (Å²) in [6, 6.07) is 15.0. The predicted octanol–water partition coefficient (Wildman–Crippen LogP) is 4.44. The molecule has 2 aromatic rings. The summed E-state index contributed by atoms with van der Waals surface area (Å²) in [6.45, 7) is 1.86. The van der Waals surface area contributed by atoms with Gasteiger partial charge in [-0.15, -0.1) is 0 Å². The molecule has 1 N–H and O–H groups in total. The van der Waals surface area contributed by atoms with Crippen molar-refractivity contribution in [3.63, 3.8) is 0 Å². The molecule has 0 heterocycles. The molecule has 2 aromatic carbocycles. The summed E-state index contributed by atoms with van der Waals surface area (Å²) in [7, 11) is 4.61. The van der Waals surface area contributed by atoms with Crippen molar-refractivity contribution < 1.29 is 9.59 Å².